The number of ether oxygens (including phenoxy) is 1. The number of alkyl halides is 3. The molecule has 0 aliphatic heterocycles. The number of carbonyl (C=O) groups is 1. The van der Waals surface area contributed by atoms with Gasteiger partial charge >= 0.3 is 6.18 Å². The molecule has 4 aliphatic rings. The maximum atomic E-state index is 13.2. The molecule has 4 aromatic rings. The molecular formula is C38H36F3N5O2S. The van der Waals surface area contributed by atoms with Crippen LogP contribution in [0, 0.1) is 28.6 Å². The summed E-state index contributed by atoms with van der Waals surface area (Å²) in [5.74, 6) is 1.73. The van der Waals surface area contributed by atoms with Crippen LogP contribution in [0.1, 0.15) is 79.0 Å². The third-order valence-electron chi connectivity index (χ3n) is 11.6. The van der Waals surface area contributed by atoms with Crippen molar-refractivity contribution in [2.24, 2.45) is 33.7 Å². The molecule has 1 amide bonds. The van der Waals surface area contributed by atoms with Gasteiger partial charge in [-0.25, -0.2) is 15.4 Å². The van der Waals surface area contributed by atoms with Gasteiger partial charge in [-0.15, -0.1) is 11.3 Å². The molecule has 2 fully saturated rings. The van der Waals surface area contributed by atoms with Gasteiger partial charge in [-0.05, 0) is 104 Å². The highest BCUT2D eigenvalue weighted by molar-refractivity contribution is 7.16. The van der Waals surface area contributed by atoms with E-state index in [1.54, 1.807) is 41.9 Å². The van der Waals surface area contributed by atoms with Crippen LogP contribution in [0.5, 0.6) is 11.6 Å². The van der Waals surface area contributed by atoms with Crippen molar-refractivity contribution in [3.05, 3.63) is 94.9 Å². The smallest absolute Gasteiger partial charge is 0.433 e. The molecule has 0 bridgehead atoms. The van der Waals surface area contributed by atoms with Crippen LogP contribution >= 0.6 is 11.3 Å². The second-order valence-corrected chi connectivity index (χ2v) is 15.2. The quantitative estimate of drug-likeness (QED) is 0.212. The van der Waals surface area contributed by atoms with Crippen molar-refractivity contribution in [3.8, 4) is 22.2 Å². The van der Waals surface area contributed by atoms with Crippen molar-refractivity contribution in [1.82, 2.24) is 20.4 Å². The van der Waals surface area contributed by atoms with Crippen LogP contribution in [-0.4, -0.2) is 26.6 Å². The Morgan fingerprint density at radius 3 is 2.59 bits per heavy atom. The fourth-order valence-electron chi connectivity index (χ4n) is 9.10. The minimum atomic E-state index is -4.55. The van der Waals surface area contributed by atoms with Crippen LogP contribution in [0.25, 0.3) is 16.1 Å². The Labute approximate surface area is 286 Å². The number of nitrogens with zero attached hydrogens (tertiary/aromatic N) is 4. The van der Waals surface area contributed by atoms with E-state index in [0.29, 0.717) is 29.1 Å². The molecule has 3 heterocycles. The van der Waals surface area contributed by atoms with E-state index in [1.807, 2.05) is 18.2 Å². The molecule has 0 unspecified atom stereocenters. The van der Waals surface area contributed by atoms with E-state index in [0.717, 1.165) is 73.0 Å². The van der Waals surface area contributed by atoms with Crippen molar-refractivity contribution in [3.63, 3.8) is 0 Å². The molecule has 8 rings (SSSR count). The zero-order chi connectivity index (χ0) is 34.0. The number of allylic oxidation sites excluding steroid dienone is 2. The average Bonchev–Trinajstić information content (AvgIpc) is 3.68. The van der Waals surface area contributed by atoms with Gasteiger partial charge in [0.1, 0.15) is 16.5 Å². The molecule has 4 aliphatic carbocycles. The Morgan fingerprint density at radius 1 is 0.980 bits per heavy atom. The summed E-state index contributed by atoms with van der Waals surface area (Å²) in [6.07, 6.45) is 8.30. The van der Waals surface area contributed by atoms with Gasteiger partial charge in [0, 0.05) is 40.7 Å². The second kappa shape index (κ2) is 11.9. The lowest BCUT2D eigenvalue weighted by Gasteiger charge is -2.56. The number of amides is 1. The number of aromatic nitrogens is 3. The number of hydrogen-bond donors (Lipinski definition) is 1. The molecule has 3 aromatic heterocycles. The lowest BCUT2D eigenvalue weighted by Crippen LogP contribution is -2.49. The zero-order valence-corrected chi connectivity index (χ0v) is 28.1. The molecule has 0 spiro atoms. The first-order valence-corrected chi connectivity index (χ1v) is 17.7. The largest absolute Gasteiger partial charge is 0.439 e. The fourth-order valence-corrected chi connectivity index (χ4v) is 10.4. The van der Waals surface area contributed by atoms with Crippen LogP contribution in [0.4, 0.5) is 13.2 Å². The number of fused-ring (bicyclic) bond motifs is 7. The Bertz CT molecular complexity index is 1990. The van der Waals surface area contributed by atoms with E-state index in [4.69, 9.17) is 14.8 Å². The summed E-state index contributed by atoms with van der Waals surface area (Å²) >= 11 is 1.70. The molecule has 49 heavy (non-hydrogen) atoms. The molecule has 1 N–H and O–H groups in total. The van der Waals surface area contributed by atoms with Crippen molar-refractivity contribution in [1.29, 1.82) is 0 Å². The molecule has 5 atom stereocenters. The number of pyridine rings is 2. The van der Waals surface area contributed by atoms with Crippen molar-refractivity contribution in [2.45, 2.75) is 65.0 Å². The van der Waals surface area contributed by atoms with E-state index < -0.39 is 11.9 Å². The standard InChI is InChI=1S/C38H36F3N5O2S/c1-36-18-14-29-33(49-35(43-29)23-5-3-6-24(21-23)48-32-8-4-7-31(44-32)38(39,40)41)28(36)10-9-25-26-11-12-30(37(26,2)17-13-27(25)36)45-46-34(47)22-15-19-42-20-16-22/h3-8,10,15-16,19-21,25-27H,9,11-14,17-18H2,1-2H3,(H,46,47)/b45-30-/t25-,26-,27-,36+,37-/m0/s1. The number of hydrazone groups is 1. The molecule has 11 heteroatoms. The fraction of sp³-hybridized carbons (Fsp3) is 0.395. The topological polar surface area (TPSA) is 89.4 Å². The highest BCUT2D eigenvalue weighted by Crippen LogP contribution is 2.65. The number of rotatable bonds is 5. The van der Waals surface area contributed by atoms with Crippen molar-refractivity contribution < 1.29 is 22.7 Å². The summed E-state index contributed by atoms with van der Waals surface area (Å²) in [6, 6.07) is 14.4. The van der Waals surface area contributed by atoms with Gasteiger partial charge in [0.25, 0.3) is 5.91 Å². The summed E-state index contributed by atoms with van der Waals surface area (Å²) in [7, 11) is 0. The van der Waals surface area contributed by atoms with E-state index in [2.05, 4.69) is 35.3 Å². The summed E-state index contributed by atoms with van der Waals surface area (Å²) in [4.78, 5) is 26.7. The van der Waals surface area contributed by atoms with E-state index >= 15 is 0 Å². The minimum absolute atomic E-state index is 0.0253. The highest BCUT2D eigenvalue weighted by atomic mass is 32.1. The number of nitrogens with one attached hydrogen (secondary N) is 1. The lowest BCUT2D eigenvalue weighted by molar-refractivity contribution is -0.141. The molecule has 7 nitrogen and oxygen atoms in total. The Morgan fingerprint density at radius 2 is 1.78 bits per heavy atom. The van der Waals surface area contributed by atoms with Gasteiger partial charge in [-0.2, -0.15) is 18.3 Å². The van der Waals surface area contributed by atoms with Crippen LogP contribution in [0.15, 0.2) is 78.2 Å². The monoisotopic (exact) mass is 683 g/mol. The van der Waals surface area contributed by atoms with Crippen molar-refractivity contribution in [2.75, 3.05) is 0 Å². The highest BCUT2D eigenvalue weighted by Gasteiger charge is 2.58. The SMILES string of the molecule is C[C@]12CCc3nc(-c4cccc(Oc5cccc(C(F)(F)F)n5)c4)sc3C1=CC[C@@H]1[C@@H]2CC[C@]2(C)/C(=N\NC(=O)c3ccncc3)CC[C@@H]12. The van der Waals surface area contributed by atoms with Crippen LogP contribution in [0.2, 0.25) is 0 Å². The normalized spacial score (nSPS) is 28.1. The van der Waals surface area contributed by atoms with E-state index in [1.165, 1.54) is 22.6 Å². The molecule has 0 saturated heterocycles. The Balaban J connectivity index is 1.02. The van der Waals surface area contributed by atoms with Gasteiger partial charge in [0.2, 0.25) is 5.88 Å². The van der Waals surface area contributed by atoms with Crippen LogP contribution < -0.4 is 10.2 Å². The predicted molar refractivity (Wildman–Crippen MR) is 182 cm³/mol. The number of benzene rings is 1. The van der Waals surface area contributed by atoms with Crippen LogP contribution in [-0.2, 0) is 12.6 Å². The lowest BCUT2D eigenvalue weighted by atomic mass is 9.48. The molecule has 1 aromatic carbocycles. The molecule has 252 valence electrons. The van der Waals surface area contributed by atoms with E-state index in [-0.39, 0.29) is 22.6 Å². The zero-order valence-electron chi connectivity index (χ0n) is 27.3. The third-order valence-corrected chi connectivity index (χ3v) is 12.8. The first-order valence-electron chi connectivity index (χ1n) is 16.8. The molecular weight excluding hydrogens is 648 g/mol. The van der Waals surface area contributed by atoms with Crippen molar-refractivity contribution >= 4 is 28.5 Å². The number of halogens is 3. The molecule has 0 radical (unpaired) electrons. The maximum absolute atomic E-state index is 13.2. The third kappa shape index (κ3) is 5.56. The van der Waals surface area contributed by atoms with Gasteiger partial charge in [-0.1, -0.05) is 38.1 Å². The number of carbonyl (C=O) groups excluding carboxylic acids is 1. The first-order chi connectivity index (χ1) is 23.5. The van der Waals surface area contributed by atoms with Gasteiger partial charge in [-0.3, -0.25) is 9.78 Å². The number of thiazole rings is 1. The maximum Gasteiger partial charge on any atom is 0.433 e. The summed E-state index contributed by atoms with van der Waals surface area (Å²) < 4.78 is 45.3. The van der Waals surface area contributed by atoms with E-state index in [9.17, 15) is 18.0 Å². The average molecular weight is 684 g/mol. The molecule has 2 saturated carbocycles. The van der Waals surface area contributed by atoms with Gasteiger partial charge < -0.3 is 4.74 Å². The summed E-state index contributed by atoms with van der Waals surface area (Å²) in [5.41, 5.74) is 6.93. The number of aryl methyl sites for hydroxylation is 1. The van der Waals surface area contributed by atoms with Gasteiger partial charge in [0.05, 0.1) is 10.6 Å². The summed E-state index contributed by atoms with van der Waals surface area (Å²) in [5, 5.41) is 5.59. The minimum Gasteiger partial charge on any atom is -0.439 e. The summed E-state index contributed by atoms with van der Waals surface area (Å²) in [6.45, 7) is 4.81. The number of hydrogen-bond acceptors (Lipinski definition) is 7. The van der Waals surface area contributed by atoms with Gasteiger partial charge in [0.15, 0.2) is 0 Å². The predicted octanol–water partition coefficient (Wildman–Crippen LogP) is 9.38. The Hall–Kier alpha value is -4.38. The Kier molecular flexibility index (Phi) is 7.73. The second-order valence-electron chi connectivity index (χ2n) is 14.2. The van der Waals surface area contributed by atoms with Crippen LogP contribution in [0.3, 0.4) is 0 Å². The first kappa shape index (κ1) is 31.9.